The van der Waals surface area contributed by atoms with Gasteiger partial charge in [-0.1, -0.05) is 20.3 Å². The lowest BCUT2D eigenvalue weighted by Gasteiger charge is -2.35. The smallest absolute Gasteiger partial charge is 0.238 e. The van der Waals surface area contributed by atoms with Crippen LogP contribution in [0, 0.1) is 11.7 Å². The highest BCUT2D eigenvalue weighted by Gasteiger charge is 2.25. The van der Waals surface area contributed by atoms with Crippen molar-refractivity contribution in [3.05, 3.63) is 30.1 Å². The molecule has 1 aromatic carbocycles. The molecule has 6 heteroatoms. The quantitative estimate of drug-likeness (QED) is 0.868. The molecule has 1 fully saturated rings. The zero-order valence-corrected chi connectivity index (χ0v) is 14.4. The number of benzene rings is 1. The van der Waals surface area contributed by atoms with E-state index in [2.05, 4.69) is 12.2 Å². The molecule has 0 bridgehead atoms. The van der Waals surface area contributed by atoms with Crippen LogP contribution in [0.1, 0.15) is 26.7 Å². The van der Waals surface area contributed by atoms with E-state index in [1.165, 1.54) is 12.1 Å². The summed E-state index contributed by atoms with van der Waals surface area (Å²) >= 11 is 0. The molecule has 0 aliphatic carbocycles. The molecule has 0 spiro atoms. The van der Waals surface area contributed by atoms with Gasteiger partial charge in [0.1, 0.15) is 5.82 Å². The first-order valence-corrected chi connectivity index (χ1v) is 8.56. The fraction of sp³-hybridized carbons (Fsp3) is 0.556. The van der Waals surface area contributed by atoms with E-state index in [4.69, 9.17) is 0 Å². The van der Waals surface area contributed by atoms with Crippen LogP contribution in [0.3, 0.4) is 0 Å². The first kappa shape index (κ1) is 18.4. The number of halogens is 1. The summed E-state index contributed by atoms with van der Waals surface area (Å²) in [6.45, 7) is 7.07. The van der Waals surface area contributed by atoms with E-state index in [1.54, 1.807) is 12.1 Å². The SMILES string of the molecule is CCCC(C)C(=O)N1CCN(CC(=O)Nc2ccc(F)cc2)CC1. The maximum Gasteiger partial charge on any atom is 0.238 e. The zero-order chi connectivity index (χ0) is 17.5. The maximum absolute atomic E-state index is 12.9. The van der Waals surface area contributed by atoms with Gasteiger partial charge in [-0.25, -0.2) is 4.39 Å². The van der Waals surface area contributed by atoms with Crippen molar-refractivity contribution in [3.63, 3.8) is 0 Å². The van der Waals surface area contributed by atoms with E-state index in [0.29, 0.717) is 31.9 Å². The van der Waals surface area contributed by atoms with Crippen LogP contribution in [-0.2, 0) is 9.59 Å². The Morgan fingerprint density at radius 2 is 1.79 bits per heavy atom. The molecule has 24 heavy (non-hydrogen) atoms. The van der Waals surface area contributed by atoms with Gasteiger partial charge in [-0.05, 0) is 30.7 Å². The van der Waals surface area contributed by atoms with Crippen LogP contribution in [0.2, 0.25) is 0 Å². The highest BCUT2D eigenvalue weighted by Crippen LogP contribution is 2.12. The van der Waals surface area contributed by atoms with Gasteiger partial charge in [0.25, 0.3) is 0 Å². The van der Waals surface area contributed by atoms with E-state index in [0.717, 1.165) is 12.8 Å². The Hall–Kier alpha value is -1.95. The molecule has 2 rings (SSSR count). The minimum Gasteiger partial charge on any atom is -0.340 e. The number of hydrogen-bond donors (Lipinski definition) is 1. The highest BCUT2D eigenvalue weighted by molar-refractivity contribution is 5.92. The molecule has 2 amide bonds. The van der Waals surface area contributed by atoms with Crippen molar-refractivity contribution in [1.29, 1.82) is 0 Å². The van der Waals surface area contributed by atoms with Gasteiger partial charge in [0.15, 0.2) is 0 Å². The molecular formula is C18H26FN3O2. The number of hydrogen-bond acceptors (Lipinski definition) is 3. The van der Waals surface area contributed by atoms with Gasteiger partial charge in [-0.3, -0.25) is 14.5 Å². The van der Waals surface area contributed by atoms with Crippen LogP contribution in [0.15, 0.2) is 24.3 Å². The minimum atomic E-state index is -0.328. The number of amides is 2. The van der Waals surface area contributed by atoms with Crippen LogP contribution in [-0.4, -0.2) is 54.3 Å². The lowest BCUT2D eigenvalue weighted by atomic mass is 10.0. The summed E-state index contributed by atoms with van der Waals surface area (Å²) in [5.41, 5.74) is 0.587. The summed E-state index contributed by atoms with van der Waals surface area (Å²) < 4.78 is 12.9. The summed E-state index contributed by atoms with van der Waals surface area (Å²) in [4.78, 5) is 28.3. The number of anilines is 1. The number of carbonyl (C=O) groups is 2. The van der Waals surface area contributed by atoms with Gasteiger partial charge in [0, 0.05) is 37.8 Å². The Labute approximate surface area is 142 Å². The van der Waals surface area contributed by atoms with E-state index < -0.39 is 0 Å². The summed E-state index contributed by atoms with van der Waals surface area (Å²) in [6, 6.07) is 5.72. The fourth-order valence-electron chi connectivity index (χ4n) is 2.93. The number of piperazine rings is 1. The van der Waals surface area contributed by atoms with Gasteiger partial charge in [0.2, 0.25) is 11.8 Å². The van der Waals surface area contributed by atoms with Gasteiger partial charge >= 0.3 is 0 Å². The first-order chi connectivity index (χ1) is 11.5. The second kappa shape index (κ2) is 8.78. The standard InChI is InChI=1S/C18H26FN3O2/c1-3-4-14(2)18(24)22-11-9-21(10-12-22)13-17(23)20-16-7-5-15(19)6-8-16/h5-8,14H,3-4,9-13H2,1-2H3,(H,20,23). The molecule has 5 nitrogen and oxygen atoms in total. The third kappa shape index (κ3) is 5.30. The third-order valence-corrected chi connectivity index (χ3v) is 4.32. The second-order valence-electron chi connectivity index (χ2n) is 6.35. The van der Waals surface area contributed by atoms with E-state index in [9.17, 15) is 14.0 Å². The summed E-state index contributed by atoms with van der Waals surface area (Å²) in [7, 11) is 0. The molecule has 1 N–H and O–H groups in total. The Bertz CT molecular complexity index is 554. The fourth-order valence-corrected chi connectivity index (χ4v) is 2.93. The molecule has 1 aromatic rings. The zero-order valence-electron chi connectivity index (χ0n) is 14.4. The summed E-state index contributed by atoms with van der Waals surface area (Å²) in [5.74, 6) is -0.164. The van der Waals surface area contributed by atoms with E-state index in [-0.39, 0.29) is 30.1 Å². The Morgan fingerprint density at radius 3 is 2.38 bits per heavy atom. The predicted molar refractivity (Wildman–Crippen MR) is 92.1 cm³/mol. The Kier molecular flexibility index (Phi) is 6.73. The van der Waals surface area contributed by atoms with Gasteiger partial charge in [-0.2, -0.15) is 0 Å². The van der Waals surface area contributed by atoms with E-state index in [1.807, 2.05) is 16.7 Å². The van der Waals surface area contributed by atoms with Crippen LogP contribution in [0.25, 0.3) is 0 Å². The van der Waals surface area contributed by atoms with Crippen LogP contribution >= 0.6 is 0 Å². The highest BCUT2D eigenvalue weighted by atomic mass is 19.1. The summed E-state index contributed by atoms with van der Waals surface area (Å²) in [6.07, 6.45) is 1.93. The largest absolute Gasteiger partial charge is 0.340 e. The van der Waals surface area contributed by atoms with Crippen molar-refractivity contribution in [2.75, 3.05) is 38.0 Å². The molecule has 1 aliphatic heterocycles. The molecular weight excluding hydrogens is 309 g/mol. The predicted octanol–water partition coefficient (Wildman–Crippen LogP) is 2.34. The molecule has 0 radical (unpaired) electrons. The topological polar surface area (TPSA) is 52.7 Å². The summed E-state index contributed by atoms with van der Waals surface area (Å²) in [5, 5.41) is 2.76. The lowest BCUT2D eigenvalue weighted by Crippen LogP contribution is -2.51. The molecule has 1 heterocycles. The van der Waals surface area contributed by atoms with Crippen LogP contribution < -0.4 is 5.32 Å². The maximum atomic E-state index is 12.9. The minimum absolute atomic E-state index is 0.0725. The first-order valence-electron chi connectivity index (χ1n) is 8.56. The second-order valence-corrected chi connectivity index (χ2v) is 6.35. The average molecular weight is 335 g/mol. The number of nitrogens with zero attached hydrogens (tertiary/aromatic N) is 2. The van der Waals surface area contributed by atoms with Crippen molar-refractivity contribution in [2.45, 2.75) is 26.7 Å². The Balaban J connectivity index is 1.75. The van der Waals surface area contributed by atoms with Gasteiger partial charge < -0.3 is 10.2 Å². The number of rotatable bonds is 6. The molecule has 1 aliphatic rings. The van der Waals surface area contributed by atoms with Crippen molar-refractivity contribution in [3.8, 4) is 0 Å². The number of carbonyl (C=O) groups excluding carboxylic acids is 2. The van der Waals surface area contributed by atoms with Gasteiger partial charge in [0.05, 0.1) is 6.54 Å². The third-order valence-electron chi connectivity index (χ3n) is 4.32. The van der Waals surface area contributed by atoms with Crippen molar-refractivity contribution < 1.29 is 14.0 Å². The molecule has 1 unspecified atom stereocenters. The molecule has 1 atom stereocenters. The monoisotopic (exact) mass is 335 g/mol. The average Bonchev–Trinajstić information content (AvgIpc) is 2.57. The number of nitrogens with one attached hydrogen (secondary N) is 1. The normalized spacial score (nSPS) is 16.7. The Morgan fingerprint density at radius 1 is 1.17 bits per heavy atom. The van der Waals surface area contributed by atoms with Crippen molar-refractivity contribution >= 4 is 17.5 Å². The lowest BCUT2D eigenvalue weighted by molar-refractivity contribution is -0.137. The van der Waals surface area contributed by atoms with Crippen LogP contribution in [0.4, 0.5) is 10.1 Å². The van der Waals surface area contributed by atoms with Crippen molar-refractivity contribution in [1.82, 2.24) is 9.80 Å². The molecule has 1 saturated heterocycles. The van der Waals surface area contributed by atoms with Gasteiger partial charge in [-0.15, -0.1) is 0 Å². The molecule has 0 aromatic heterocycles. The molecule has 132 valence electrons. The van der Waals surface area contributed by atoms with Crippen LogP contribution in [0.5, 0.6) is 0 Å². The molecule has 0 saturated carbocycles. The van der Waals surface area contributed by atoms with E-state index >= 15 is 0 Å². The van der Waals surface area contributed by atoms with Crippen molar-refractivity contribution in [2.24, 2.45) is 5.92 Å².